The Morgan fingerprint density at radius 2 is 1.82 bits per heavy atom. The Hall–Kier alpha value is -4.00. The second-order valence-electron chi connectivity index (χ2n) is 9.53. The molecular weight excluding hydrogens is 540 g/mol. The molecule has 1 N–H and O–H groups in total. The van der Waals surface area contributed by atoms with Gasteiger partial charge in [0, 0.05) is 49.6 Å². The van der Waals surface area contributed by atoms with Gasteiger partial charge in [0.1, 0.15) is 11.6 Å². The largest absolute Gasteiger partial charge is 0.493 e. The van der Waals surface area contributed by atoms with E-state index in [1.165, 1.54) is 13.2 Å². The molecule has 13 heteroatoms. The number of thiazole rings is 1. The van der Waals surface area contributed by atoms with Crippen LogP contribution in [0.5, 0.6) is 11.5 Å². The van der Waals surface area contributed by atoms with Crippen molar-refractivity contribution in [1.82, 2.24) is 24.5 Å². The fraction of sp³-hybridized carbons (Fsp3) is 0.407. The number of alkyl halides is 2. The van der Waals surface area contributed by atoms with E-state index < -0.39 is 6.61 Å². The van der Waals surface area contributed by atoms with Crippen molar-refractivity contribution in [1.29, 1.82) is 0 Å². The van der Waals surface area contributed by atoms with Gasteiger partial charge in [0.25, 0.3) is 0 Å². The van der Waals surface area contributed by atoms with Gasteiger partial charge in [0.2, 0.25) is 5.91 Å². The van der Waals surface area contributed by atoms with Gasteiger partial charge < -0.3 is 24.6 Å². The number of benzene rings is 1. The Kier molecular flexibility index (Phi) is 7.74. The number of amides is 1. The summed E-state index contributed by atoms with van der Waals surface area (Å²) < 4.78 is 38.0. The molecule has 0 radical (unpaired) electrons. The van der Waals surface area contributed by atoms with Gasteiger partial charge in [-0.05, 0) is 38.5 Å². The molecule has 40 heavy (non-hydrogen) atoms. The number of aromatic nitrogens is 4. The van der Waals surface area contributed by atoms with Crippen LogP contribution in [-0.2, 0) is 11.3 Å². The summed E-state index contributed by atoms with van der Waals surface area (Å²) in [7, 11) is 1.40. The Morgan fingerprint density at radius 3 is 2.45 bits per heavy atom. The number of nitrogens with zero attached hydrogens (tertiary/aromatic N) is 6. The van der Waals surface area contributed by atoms with Crippen molar-refractivity contribution in [2.45, 2.75) is 40.9 Å². The number of aryl methyl sites for hydroxylation is 3. The molecule has 0 spiro atoms. The monoisotopic (exact) mass is 571 g/mol. The summed E-state index contributed by atoms with van der Waals surface area (Å²) in [6, 6.07) is 6.84. The molecule has 4 heterocycles. The lowest BCUT2D eigenvalue weighted by atomic mass is 10.1. The van der Waals surface area contributed by atoms with Gasteiger partial charge >= 0.3 is 6.61 Å². The van der Waals surface area contributed by atoms with E-state index in [-0.39, 0.29) is 17.4 Å². The Labute approximate surface area is 234 Å². The highest BCUT2D eigenvalue weighted by molar-refractivity contribution is 7.11. The van der Waals surface area contributed by atoms with Crippen LogP contribution >= 0.6 is 11.3 Å². The predicted molar refractivity (Wildman–Crippen MR) is 150 cm³/mol. The van der Waals surface area contributed by atoms with E-state index in [0.717, 1.165) is 27.2 Å². The van der Waals surface area contributed by atoms with Gasteiger partial charge in [-0.2, -0.15) is 18.4 Å². The predicted octanol–water partition coefficient (Wildman–Crippen LogP) is 4.67. The molecule has 212 valence electrons. The minimum atomic E-state index is -3.00. The zero-order chi connectivity index (χ0) is 28.6. The third-order valence-electron chi connectivity index (χ3n) is 6.90. The fourth-order valence-corrected chi connectivity index (χ4v) is 5.79. The average Bonchev–Trinajstić information content (AvgIpc) is 3.43. The first kappa shape index (κ1) is 27.6. The third kappa shape index (κ3) is 5.51. The van der Waals surface area contributed by atoms with Crippen molar-refractivity contribution in [2.24, 2.45) is 0 Å². The van der Waals surface area contributed by atoms with E-state index in [9.17, 15) is 13.6 Å². The smallest absolute Gasteiger partial charge is 0.387 e. The van der Waals surface area contributed by atoms with Crippen molar-refractivity contribution >= 4 is 34.5 Å². The molecular formula is C27H31F2N7O3S. The van der Waals surface area contributed by atoms with E-state index >= 15 is 0 Å². The molecule has 1 fully saturated rings. The van der Waals surface area contributed by atoms with Gasteiger partial charge in [0.05, 0.1) is 30.1 Å². The van der Waals surface area contributed by atoms with E-state index in [4.69, 9.17) is 19.6 Å². The molecule has 3 aromatic heterocycles. The number of hydrogen-bond donors (Lipinski definition) is 1. The molecule has 1 aliphatic heterocycles. The number of methoxy groups -OCH3 is 1. The minimum Gasteiger partial charge on any atom is -0.493 e. The van der Waals surface area contributed by atoms with Gasteiger partial charge in [0.15, 0.2) is 17.1 Å². The Balaban J connectivity index is 1.60. The quantitative estimate of drug-likeness (QED) is 0.326. The summed E-state index contributed by atoms with van der Waals surface area (Å²) in [6.07, 6.45) is 0. The van der Waals surface area contributed by atoms with Crippen LogP contribution in [0.1, 0.15) is 28.2 Å². The Morgan fingerprint density at radius 1 is 1.07 bits per heavy atom. The number of anilines is 2. The highest BCUT2D eigenvalue weighted by atomic mass is 32.1. The van der Waals surface area contributed by atoms with Crippen molar-refractivity contribution in [3.63, 3.8) is 0 Å². The van der Waals surface area contributed by atoms with Crippen LogP contribution in [0, 0.1) is 20.8 Å². The number of ether oxygens (including phenoxy) is 2. The molecule has 0 atom stereocenters. The number of piperazine rings is 1. The highest BCUT2D eigenvalue weighted by Crippen LogP contribution is 2.37. The van der Waals surface area contributed by atoms with Crippen LogP contribution in [0.2, 0.25) is 0 Å². The number of fused-ring (bicyclic) bond motifs is 1. The topological polar surface area (TPSA) is 97.1 Å². The maximum absolute atomic E-state index is 13.1. The molecule has 1 aliphatic rings. The van der Waals surface area contributed by atoms with Crippen molar-refractivity contribution < 1.29 is 23.0 Å². The summed E-state index contributed by atoms with van der Waals surface area (Å²) in [5, 5.41) is 9.28. The molecule has 0 saturated carbocycles. The second kappa shape index (κ2) is 11.2. The van der Waals surface area contributed by atoms with Crippen molar-refractivity contribution in [3.8, 4) is 22.6 Å². The van der Waals surface area contributed by atoms with Crippen LogP contribution in [0.3, 0.4) is 0 Å². The standard InChI is InChI=1S/C27H31F2N7O3S/c1-15-22(40-17(3)31-15)14-30-23-13-24(35-10-8-34(9-11-35)18(4)37)32-26-25(16(2)33-36(23)26)19-6-7-20(38-5)21(12-19)39-27(28)29/h6-7,12-13,27,30H,8-11,14H2,1-5H3. The molecule has 1 amide bonds. The first-order valence-electron chi connectivity index (χ1n) is 12.9. The van der Waals surface area contributed by atoms with E-state index in [0.29, 0.717) is 55.2 Å². The first-order valence-corrected chi connectivity index (χ1v) is 13.7. The zero-order valence-corrected chi connectivity index (χ0v) is 23.8. The van der Waals surface area contributed by atoms with Crippen LogP contribution in [0.25, 0.3) is 16.8 Å². The number of nitrogens with one attached hydrogen (secondary N) is 1. The molecule has 0 aliphatic carbocycles. The SMILES string of the molecule is COc1ccc(-c2c(C)nn3c(NCc4sc(C)nc4C)cc(N4CCN(C(C)=O)CC4)nc23)cc1OC(F)F. The molecule has 4 aromatic rings. The molecule has 10 nitrogen and oxygen atoms in total. The number of halogens is 2. The maximum atomic E-state index is 13.1. The van der Waals surface area contributed by atoms with Crippen LogP contribution in [-0.4, -0.2) is 70.3 Å². The van der Waals surface area contributed by atoms with Gasteiger partial charge in [-0.1, -0.05) is 6.07 Å². The Bertz CT molecular complexity index is 1550. The summed E-state index contributed by atoms with van der Waals surface area (Å²) in [4.78, 5) is 26.5. The molecule has 0 bridgehead atoms. The summed E-state index contributed by atoms with van der Waals surface area (Å²) >= 11 is 1.64. The van der Waals surface area contributed by atoms with E-state index in [1.807, 2.05) is 31.7 Å². The number of carbonyl (C=O) groups is 1. The van der Waals surface area contributed by atoms with E-state index in [2.05, 4.69) is 15.2 Å². The van der Waals surface area contributed by atoms with Gasteiger partial charge in [-0.3, -0.25) is 4.79 Å². The maximum Gasteiger partial charge on any atom is 0.387 e. The highest BCUT2D eigenvalue weighted by Gasteiger charge is 2.24. The number of rotatable bonds is 8. The average molecular weight is 572 g/mol. The van der Waals surface area contributed by atoms with Gasteiger partial charge in [-0.15, -0.1) is 11.3 Å². The molecule has 1 aromatic carbocycles. The summed E-state index contributed by atoms with van der Waals surface area (Å²) in [5.41, 5.74) is 3.53. The minimum absolute atomic E-state index is 0.0515. The van der Waals surface area contributed by atoms with Crippen LogP contribution < -0.4 is 19.7 Å². The lowest BCUT2D eigenvalue weighted by Gasteiger charge is -2.35. The number of carbonyl (C=O) groups excluding carboxylic acids is 1. The molecule has 0 unspecified atom stereocenters. The second-order valence-corrected chi connectivity index (χ2v) is 10.8. The summed E-state index contributed by atoms with van der Waals surface area (Å²) in [6.45, 7) is 7.42. The van der Waals surface area contributed by atoms with Crippen LogP contribution in [0.15, 0.2) is 24.3 Å². The van der Waals surface area contributed by atoms with Gasteiger partial charge in [-0.25, -0.2) is 9.97 Å². The lowest BCUT2D eigenvalue weighted by Crippen LogP contribution is -2.48. The third-order valence-corrected chi connectivity index (χ3v) is 7.97. The van der Waals surface area contributed by atoms with Crippen molar-refractivity contribution in [2.75, 3.05) is 43.5 Å². The first-order chi connectivity index (χ1) is 19.1. The van der Waals surface area contributed by atoms with Crippen LogP contribution in [0.4, 0.5) is 20.4 Å². The fourth-order valence-electron chi connectivity index (χ4n) is 4.92. The van der Waals surface area contributed by atoms with Crippen molar-refractivity contribution in [3.05, 3.63) is 45.5 Å². The number of hydrogen-bond acceptors (Lipinski definition) is 9. The normalized spacial score (nSPS) is 13.8. The zero-order valence-electron chi connectivity index (χ0n) is 23.0. The molecule has 5 rings (SSSR count). The lowest BCUT2D eigenvalue weighted by molar-refractivity contribution is -0.129. The summed E-state index contributed by atoms with van der Waals surface area (Å²) in [5.74, 6) is 1.64. The van der Waals surface area contributed by atoms with E-state index in [1.54, 1.807) is 34.9 Å². The molecule has 1 saturated heterocycles.